The van der Waals surface area contributed by atoms with Crippen molar-refractivity contribution in [3.05, 3.63) is 76.6 Å². The number of amides is 1. The molecule has 2 heterocycles. The summed E-state index contributed by atoms with van der Waals surface area (Å²) < 4.78 is 13.1. The van der Waals surface area contributed by atoms with E-state index in [2.05, 4.69) is 15.5 Å². The smallest absolute Gasteiger partial charge is 0.292 e. The summed E-state index contributed by atoms with van der Waals surface area (Å²) in [6.45, 7) is 1.18. The van der Waals surface area contributed by atoms with Crippen molar-refractivity contribution in [2.24, 2.45) is 5.92 Å². The minimum absolute atomic E-state index is 0.134. The fourth-order valence-corrected chi connectivity index (χ4v) is 3.64. The number of halogens is 1. The van der Waals surface area contributed by atoms with Crippen molar-refractivity contribution >= 4 is 23.1 Å². The highest BCUT2D eigenvalue weighted by molar-refractivity contribution is 5.95. The van der Waals surface area contributed by atoms with Gasteiger partial charge in [-0.2, -0.15) is 0 Å². The Morgan fingerprint density at radius 1 is 1.10 bits per heavy atom. The number of nitrogens with zero attached hydrogens (tertiary/aromatic N) is 4. The van der Waals surface area contributed by atoms with Gasteiger partial charge in [0.05, 0.1) is 16.5 Å². The van der Waals surface area contributed by atoms with E-state index in [1.165, 1.54) is 24.3 Å². The third-order valence-electron chi connectivity index (χ3n) is 5.27. The van der Waals surface area contributed by atoms with Crippen LogP contribution in [0, 0.1) is 21.8 Å². The van der Waals surface area contributed by atoms with Gasteiger partial charge in [0.25, 0.3) is 5.69 Å². The van der Waals surface area contributed by atoms with Crippen LogP contribution in [0.15, 0.2) is 60.7 Å². The second-order valence-electron chi connectivity index (χ2n) is 7.33. The van der Waals surface area contributed by atoms with Gasteiger partial charge >= 0.3 is 0 Å². The second kappa shape index (κ2) is 8.86. The molecule has 1 N–H and O–H groups in total. The van der Waals surface area contributed by atoms with Gasteiger partial charge in [0.1, 0.15) is 11.5 Å². The number of benzene rings is 2. The Balaban J connectivity index is 1.44. The summed E-state index contributed by atoms with van der Waals surface area (Å²) in [5.41, 5.74) is 1.45. The van der Waals surface area contributed by atoms with Crippen molar-refractivity contribution in [2.75, 3.05) is 23.3 Å². The maximum Gasteiger partial charge on any atom is 0.292 e. The summed E-state index contributed by atoms with van der Waals surface area (Å²) >= 11 is 0. The van der Waals surface area contributed by atoms with Crippen molar-refractivity contribution in [1.29, 1.82) is 0 Å². The van der Waals surface area contributed by atoms with Gasteiger partial charge < -0.3 is 10.2 Å². The molecular weight excluding hydrogens is 401 g/mol. The highest BCUT2D eigenvalue weighted by Crippen LogP contribution is 2.27. The van der Waals surface area contributed by atoms with Crippen molar-refractivity contribution in [3.8, 4) is 11.3 Å². The van der Waals surface area contributed by atoms with Gasteiger partial charge in [-0.3, -0.25) is 14.9 Å². The number of hydrogen-bond donors (Lipinski definition) is 1. The van der Waals surface area contributed by atoms with Crippen LogP contribution in [0.3, 0.4) is 0 Å². The summed E-state index contributed by atoms with van der Waals surface area (Å²) in [6, 6.07) is 15.8. The van der Waals surface area contributed by atoms with E-state index >= 15 is 0 Å². The molecule has 0 spiro atoms. The Morgan fingerprint density at radius 2 is 1.87 bits per heavy atom. The summed E-state index contributed by atoms with van der Waals surface area (Å²) in [5.74, 6) is -0.247. The van der Waals surface area contributed by atoms with E-state index in [-0.39, 0.29) is 29.0 Å². The van der Waals surface area contributed by atoms with Crippen molar-refractivity contribution in [2.45, 2.75) is 12.8 Å². The second-order valence-corrected chi connectivity index (χ2v) is 7.33. The highest BCUT2D eigenvalue weighted by Gasteiger charge is 2.28. The van der Waals surface area contributed by atoms with Crippen LogP contribution in [0.1, 0.15) is 12.8 Å². The molecule has 158 valence electrons. The SMILES string of the molecule is O=C(Nc1ccccc1[N+](=O)[O-])C1CCCN(c2ccc(-c3ccc(F)cc3)nn2)C1. The zero-order valence-corrected chi connectivity index (χ0v) is 16.6. The summed E-state index contributed by atoms with van der Waals surface area (Å²) in [5, 5.41) is 22.4. The quantitative estimate of drug-likeness (QED) is 0.493. The normalized spacial score (nSPS) is 16.0. The molecule has 1 fully saturated rings. The number of aromatic nitrogens is 2. The molecule has 1 aliphatic rings. The average molecular weight is 421 g/mol. The lowest BCUT2D eigenvalue weighted by molar-refractivity contribution is -0.383. The number of nitro benzene ring substituents is 1. The third-order valence-corrected chi connectivity index (χ3v) is 5.27. The van der Waals surface area contributed by atoms with Crippen LogP contribution in [-0.4, -0.2) is 34.1 Å². The Morgan fingerprint density at radius 3 is 2.58 bits per heavy atom. The number of piperidine rings is 1. The maximum atomic E-state index is 13.1. The summed E-state index contributed by atoms with van der Waals surface area (Å²) in [4.78, 5) is 25.4. The van der Waals surface area contributed by atoms with E-state index in [0.29, 0.717) is 24.5 Å². The lowest BCUT2D eigenvalue weighted by Gasteiger charge is -2.32. The van der Waals surface area contributed by atoms with Crippen LogP contribution < -0.4 is 10.2 Å². The molecule has 4 rings (SSSR count). The van der Waals surface area contributed by atoms with E-state index in [9.17, 15) is 19.3 Å². The zero-order valence-electron chi connectivity index (χ0n) is 16.6. The Bertz CT molecular complexity index is 1090. The Kier molecular flexibility index (Phi) is 5.83. The monoisotopic (exact) mass is 421 g/mol. The Labute approximate surface area is 177 Å². The maximum absolute atomic E-state index is 13.1. The third kappa shape index (κ3) is 4.66. The number of carbonyl (C=O) groups is 1. The minimum atomic E-state index is -0.513. The first-order valence-electron chi connectivity index (χ1n) is 9.90. The minimum Gasteiger partial charge on any atom is -0.354 e. The van der Waals surface area contributed by atoms with Gasteiger partial charge in [-0.05, 0) is 55.3 Å². The molecule has 0 saturated carbocycles. The van der Waals surface area contributed by atoms with Gasteiger partial charge in [-0.15, -0.1) is 10.2 Å². The molecule has 3 aromatic rings. The van der Waals surface area contributed by atoms with E-state index in [4.69, 9.17) is 0 Å². The van der Waals surface area contributed by atoms with Crippen LogP contribution in [-0.2, 0) is 4.79 Å². The van der Waals surface area contributed by atoms with Crippen molar-refractivity contribution < 1.29 is 14.1 Å². The van der Waals surface area contributed by atoms with Gasteiger partial charge in [0.2, 0.25) is 5.91 Å². The first-order chi connectivity index (χ1) is 15.0. The molecule has 2 aromatic carbocycles. The van der Waals surface area contributed by atoms with Gasteiger partial charge in [-0.1, -0.05) is 12.1 Å². The molecule has 1 saturated heterocycles. The van der Waals surface area contributed by atoms with Crippen LogP contribution in [0.4, 0.5) is 21.6 Å². The van der Waals surface area contributed by atoms with Crippen LogP contribution >= 0.6 is 0 Å². The van der Waals surface area contributed by atoms with E-state index < -0.39 is 4.92 Å². The van der Waals surface area contributed by atoms with E-state index in [0.717, 1.165) is 18.5 Å². The number of rotatable bonds is 5. The lowest BCUT2D eigenvalue weighted by Crippen LogP contribution is -2.41. The molecule has 1 amide bonds. The predicted octanol–water partition coefficient (Wildman–Crippen LogP) is 4.05. The fraction of sp³-hybridized carbons (Fsp3) is 0.227. The zero-order chi connectivity index (χ0) is 21.8. The first kappa shape index (κ1) is 20.4. The van der Waals surface area contributed by atoms with Gasteiger partial charge in [0, 0.05) is 24.7 Å². The predicted molar refractivity (Wildman–Crippen MR) is 114 cm³/mol. The lowest BCUT2D eigenvalue weighted by atomic mass is 9.97. The molecule has 0 radical (unpaired) electrons. The molecule has 1 atom stereocenters. The average Bonchev–Trinajstić information content (AvgIpc) is 2.80. The number of hydrogen-bond acceptors (Lipinski definition) is 6. The van der Waals surface area contributed by atoms with Crippen LogP contribution in [0.5, 0.6) is 0 Å². The van der Waals surface area contributed by atoms with Gasteiger partial charge in [0.15, 0.2) is 5.82 Å². The number of para-hydroxylation sites is 2. The van der Waals surface area contributed by atoms with Crippen LogP contribution in [0.2, 0.25) is 0 Å². The molecule has 0 aliphatic carbocycles. The molecule has 1 aliphatic heterocycles. The molecule has 1 unspecified atom stereocenters. The topological polar surface area (TPSA) is 101 Å². The van der Waals surface area contributed by atoms with Gasteiger partial charge in [-0.25, -0.2) is 4.39 Å². The summed E-state index contributed by atoms with van der Waals surface area (Å²) in [6.07, 6.45) is 1.47. The van der Waals surface area contributed by atoms with Crippen LogP contribution in [0.25, 0.3) is 11.3 Å². The highest BCUT2D eigenvalue weighted by atomic mass is 19.1. The molecule has 9 heteroatoms. The molecule has 31 heavy (non-hydrogen) atoms. The molecule has 0 bridgehead atoms. The van der Waals surface area contributed by atoms with Crippen molar-refractivity contribution in [3.63, 3.8) is 0 Å². The number of carbonyl (C=O) groups excluding carboxylic acids is 1. The van der Waals surface area contributed by atoms with E-state index in [1.807, 2.05) is 17.0 Å². The Hall–Kier alpha value is -3.88. The number of nitrogens with one attached hydrogen (secondary N) is 1. The molecule has 8 nitrogen and oxygen atoms in total. The molecular formula is C22H20FN5O3. The number of nitro groups is 1. The summed E-state index contributed by atoms with van der Waals surface area (Å²) in [7, 11) is 0. The van der Waals surface area contributed by atoms with E-state index in [1.54, 1.807) is 24.3 Å². The fourth-order valence-electron chi connectivity index (χ4n) is 3.64. The standard InChI is InChI=1S/C22H20FN5O3/c23-17-9-7-15(8-10-17)18-11-12-21(26-25-18)27-13-3-4-16(14-27)22(29)24-19-5-1-2-6-20(19)28(30)31/h1-2,5-12,16H,3-4,13-14H2,(H,24,29). The van der Waals surface area contributed by atoms with Crippen molar-refractivity contribution in [1.82, 2.24) is 10.2 Å². The first-order valence-corrected chi connectivity index (χ1v) is 9.90. The largest absolute Gasteiger partial charge is 0.354 e. The molecule has 1 aromatic heterocycles. The number of anilines is 2.